The summed E-state index contributed by atoms with van der Waals surface area (Å²) in [5.74, 6) is 0.668. The molecule has 6 aromatic heterocycles. The van der Waals surface area contributed by atoms with Crippen molar-refractivity contribution in [3.63, 3.8) is 0 Å². The van der Waals surface area contributed by atoms with Gasteiger partial charge in [-0.25, -0.2) is 15.0 Å². The number of aromatic nitrogens is 9. The van der Waals surface area contributed by atoms with Crippen LogP contribution in [-0.2, 0) is 6.54 Å². The van der Waals surface area contributed by atoms with Gasteiger partial charge >= 0.3 is 0 Å². The second kappa shape index (κ2) is 8.16. The van der Waals surface area contributed by atoms with Crippen molar-refractivity contribution in [1.82, 2.24) is 50.0 Å². The van der Waals surface area contributed by atoms with Gasteiger partial charge < -0.3 is 14.9 Å². The highest BCUT2D eigenvalue weighted by atomic mass is 15.2. The molecule has 34 heavy (non-hydrogen) atoms. The molecule has 0 spiro atoms. The van der Waals surface area contributed by atoms with E-state index in [1.807, 2.05) is 36.3 Å². The minimum absolute atomic E-state index is 0.625. The Morgan fingerprint density at radius 1 is 1.00 bits per heavy atom. The van der Waals surface area contributed by atoms with Gasteiger partial charge in [-0.1, -0.05) is 6.92 Å². The minimum Gasteiger partial charge on any atom is -0.335 e. The van der Waals surface area contributed by atoms with Crippen molar-refractivity contribution in [2.24, 2.45) is 0 Å². The highest BCUT2D eigenvalue weighted by Gasteiger charge is 2.16. The summed E-state index contributed by atoms with van der Waals surface area (Å²) >= 11 is 0. The molecular weight excluding hydrogens is 428 g/mol. The third kappa shape index (κ3) is 3.50. The Balaban J connectivity index is 1.44. The third-order valence-electron chi connectivity index (χ3n) is 5.72. The first kappa shape index (κ1) is 20.2. The summed E-state index contributed by atoms with van der Waals surface area (Å²) in [4.78, 5) is 25.9. The number of nitrogens with zero attached hydrogens (tertiary/aromatic N) is 7. The number of nitrogens with one attached hydrogen (secondary N) is 3. The lowest BCUT2D eigenvalue weighted by molar-refractivity contribution is 0.724. The number of imidazole rings is 2. The first-order chi connectivity index (χ1) is 16.7. The monoisotopic (exact) mass is 450 g/mol. The van der Waals surface area contributed by atoms with E-state index in [0.717, 1.165) is 63.3 Å². The average molecular weight is 451 g/mol. The fourth-order valence-electron chi connectivity index (χ4n) is 4.03. The Bertz CT molecular complexity index is 1620. The molecule has 10 heteroatoms. The zero-order valence-corrected chi connectivity index (χ0v) is 18.7. The van der Waals surface area contributed by atoms with Crippen LogP contribution in [0.4, 0.5) is 0 Å². The first-order valence-corrected chi connectivity index (χ1v) is 11.0. The maximum Gasteiger partial charge on any atom is 0.181 e. The molecule has 0 atom stereocenters. The van der Waals surface area contributed by atoms with Gasteiger partial charge in [-0.3, -0.25) is 15.1 Å². The molecule has 0 aliphatic rings. The van der Waals surface area contributed by atoms with Gasteiger partial charge in [0.1, 0.15) is 11.2 Å². The van der Waals surface area contributed by atoms with E-state index < -0.39 is 0 Å². The van der Waals surface area contributed by atoms with Crippen LogP contribution in [-0.4, -0.2) is 51.2 Å². The minimum atomic E-state index is 0.625. The molecule has 0 saturated heterocycles. The van der Waals surface area contributed by atoms with Gasteiger partial charge in [-0.05, 0) is 31.2 Å². The Morgan fingerprint density at radius 2 is 1.88 bits per heavy atom. The molecule has 0 fully saturated rings. The molecule has 0 amide bonds. The number of hydrogen-bond acceptors (Lipinski definition) is 7. The van der Waals surface area contributed by atoms with Crippen LogP contribution in [0.2, 0.25) is 0 Å². The summed E-state index contributed by atoms with van der Waals surface area (Å²) in [7, 11) is 0. The molecule has 3 N–H and O–H groups in total. The fourth-order valence-corrected chi connectivity index (χ4v) is 4.03. The van der Waals surface area contributed by atoms with Crippen LogP contribution in [0.25, 0.3) is 50.4 Å². The molecule has 0 bridgehead atoms. The summed E-state index contributed by atoms with van der Waals surface area (Å²) in [6.45, 7) is 5.72. The van der Waals surface area contributed by atoms with Gasteiger partial charge in [0.15, 0.2) is 11.5 Å². The second-order valence-electron chi connectivity index (χ2n) is 8.12. The molecule has 0 aliphatic heterocycles. The van der Waals surface area contributed by atoms with Crippen molar-refractivity contribution in [3.05, 3.63) is 66.9 Å². The molecule has 0 radical (unpaired) electrons. The zero-order valence-electron chi connectivity index (χ0n) is 18.7. The van der Waals surface area contributed by atoms with Crippen LogP contribution in [0.5, 0.6) is 0 Å². The first-order valence-electron chi connectivity index (χ1n) is 11.0. The maximum absolute atomic E-state index is 4.88. The van der Waals surface area contributed by atoms with E-state index in [1.165, 1.54) is 0 Å². The normalized spacial score (nSPS) is 11.6. The second-order valence-corrected chi connectivity index (χ2v) is 8.12. The van der Waals surface area contributed by atoms with Crippen molar-refractivity contribution in [2.75, 3.05) is 6.54 Å². The Labute approximate surface area is 194 Å². The van der Waals surface area contributed by atoms with Crippen LogP contribution in [0.15, 0.2) is 55.6 Å². The number of pyridine rings is 3. The topological polar surface area (TPSA) is 126 Å². The van der Waals surface area contributed by atoms with Gasteiger partial charge in [-0.15, -0.1) is 0 Å². The van der Waals surface area contributed by atoms with Gasteiger partial charge in [0.05, 0.1) is 41.0 Å². The SMILES string of the molecule is CCNCc1cncc(-c2cnc3n[nH]c(-c4nc5c(-n6cnc(C)c6)cncc5[nH]4)c3c2)c1. The molecule has 6 heterocycles. The Hall–Kier alpha value is -4.44. The summed E-state index contributed by atoms with van der Waals surface area (Å²) < 4.78 is 1.92. The van der Waals surface area contributed by atoms with Crippen molar-refractivity contribution in [2.45, 2.75) is 20.4 Å². The molecule has 168 valence electrons. The highest BCUT2D eigenvalue weighted by molar-refractivity contribution is 5.94. The van der Waals surface area contributed by atoms with Crippen molar-refractivity contribution in [3.8, 4) is 28.3 Å². The molecule has 6 aromatic rings. The molecule has 0 saturated carbocycles. The predicted molar refractivity (Wildman–Crippen MR) is 129 cm³/mol. The largest absolute Gasteiger partial charge is 0.335 e. The van der Waals surface area contributed by atoms with E-state index in [9.17, 15) is 0 Å². The molecular formula is C24H22N10. The van der Waals surface area contributed by atoms with Gasteiger partial charge in [0, 0.05) is 42.5 Å². The molecule has 0 aromatic carbocycles. The smallest absolute Gasteiger partial charge is 0.181 e. The third-order valence-corrected chi connectivity index (χ3v) is 5.72. The maximum atomic E-state index is 4.88. The lowest BCUT2D eigenvalue weighted by Crippen LogP contribution is -2.11. The zero-order chi connectivity index (χ0) is 23.1. The van der Waals surface area contributed by atoms with E-state index in [2.05, 4.69) is 59.5 Å². The average Bonchev–Trinajstić information content (AvgIpc) is 3.59. The van der Waals surface area contributed by atoms with Crippen molar-refractivity contribution in [1.29, 1.82) is 0 Å². The quantitative estimate of drug-likeness (QED) is 0.354. The van der Waals surface area contributed by atoms with Crippen LogP contribution >= 0.6 is 0 Å². The summed E-state index contributed by atoms with van der Waals surface area (Å²) in [5, 5.41) is 11.7. The van der Waals surface area contributed by atoms with E-state index in [1.54, 1.807) is 18.7 Å². The van der Waals surface area contributed by atoms with Gasteiger partial charge in [0.25, 0.3) is 0 Å². The predicted octanol–water partition coefficient (Wildman–Crippen LogP) is 3.56. The molecule has 0 unspecified atom stereocenters. The van der Waals surface area contributed by atoms with Crippen LogP contribution in [0, 0.1) is 6.92 Å². The van der Waals surface area contributed by atoms with Gasteiger partial charge in [-0.2, -0.15) is 5.10 Å². The number of fused-ring (bicyclic) bond motifs is 2. The van der Waals surface area contributed by atoms with Gasteiger partial charge in [0.2, 0.25) is 0 Å². The number of rotatable bonds is 6. The number of aryl methyl sites for hydroxylation is 1. The summed E-state index contributed by atoms with van der Waals surface area (Å²) in [6.07, 6.45) is 12.8. The van der Waals surface area contributed by atoms with Crippen LogP contribution < -0.4 is 5.32 Å². The summed E-state index contributed by atoms with van der Waals surface area (Å²) in [6, 6.07) is 4.20. The Kier molecular flexibility index (Phi) is 4.84. The summed E-state index contributed by atoms with van der Waals surface area (Å²) in [5.41, 5.74) is 7.89. The molecule has 0 aliphatic carbocycles. The highest BCUT2D eigenvalue weighted by Crippen LogP contribution is 2.30. The van der Waals surface area contributed by atoms with E-state index in [0.29, 0.717) is 11.5 Å². The van der Waals surface area contributed by atoms with E-state index in [-0.39, 0.29) is 0 Å². The lowest BCUT2D eigenvalue weighted by Gasteiger charge is -2.05. The number of aromatic amines is 2. The van der Waals surface area contributed by atoms with Crippen LogP contribution in [0.3, 0.4) is 0 Å². The Morgan fingerprint density at radius 3 is 2.74 bits per heavy atom. The van der Waals surface area contributed by atoms with Crippen molar-refractivity contribution >= 4 is 22.1 Å². The fraction of sp³-hybridized carbons (Fsp3) is 0.167. The molecule has 6 rings (SSSR count). The van der Waals surface area contributed by atoms with Crippen molar-refractivity contribution < 1.29 is 0 Å². The standard InChI is InChI=1S/C24H22N10/c1-3-25-6-15-4-16(8-26-7-15)17-5-18-21(32-33-23(18)28-9-17)24-30-19-10-27-11-20(22(19)31-24)34-12-14(2)29-13-34/h4-5,7-13,25H,3,6H2,1-2H3,(H,30,31)(H,28,32,33). The molecule has 10 nitrogen and oxygen atoms in total. The number of hydrogen-bond donors (Lipinski definition) is 3. The van der Waals surface area contributed by atoms with E-state index >= 15 is 0 Å². The van der Waals surface area contributed by atoms with Crippen LogP contribution in [0.1, 0.15) is 18.2 Å². The number of H-pyrrole nitrogens is 2. The van der Waals surface area contributed by atoms with E-state index in [4.69, 9.17) is 4.98 Å². The lowest BCUT2D eigenvalue weighted by atomic mass is 10.1.